The number of methoxy groups -OCH3 is 1. The quantitative estimate of drug-likeness (QED) is 0.779. The zero-order valence-electron chi connectivity index (χ0n) is 14.7. The minimum atomic E-state index is 0.926. The lowest BCUT2D eigenvalue weighted by Crippen LogP contribution is -2.28. The van der Waals surface area contributed by atoms with Crippen molar-refractivity contribution in [3.8, 4) is 5.75 Å². The lowest BCUT2D eigenvalue weighted by Gasteiger charge is -2.27. The molecule has 0 spiro atoms. The second-order valence-electron chi connectivity index (χ2n) is 6.61. The van der Waals surface area contributed by atoms with Crippen molar-refractivity contribution in [3.05, 3.63) is 65.5 Å². The second-order valence-corrected chi connectivity index (χ2v) is 6.61. The third-order valence-corrected chi connectivity index (χ3v) is 5.03. The minimum absolute atomic E-state index is 0.926. The highest BCUT2D eigenvalue weighted by Crippen LogP contribution is 2.29. The van der Waals surface area contributed by atoms with Crippen LogP contribution in [0, 0.1) is 6.92 Å². The summed E-state index contributed by atoms with van der Waals surface area (Å²) in [7, 11) is 1.71. The number of rotatable bonds is 4. The van der Waals surface area contributed by atoms with Gasteiger partial charge in [0.2, 0.25) is 0 Å². The molecule has 1 aromatic carbocycles. The summed E-state index contributed by atoms with van der Waals surface area (Å²) in [6.07, 6.45) is 7.35. The van der Waals surface area contributed by atoms with E-state index in [1.807, 2.05) is 18.3 Å². The van der Waals surface area contributed by atoms with Gasteiger partial charge >= 0.3 is 0 Å². The van der Waals surface area contributed by atoms with Gasteiger partial charge in [0, 0.05) is 43.0 Å². The van der Waals surface area contributed by atoms with Crippen LogP contribution in [0.3, 0.4) is 0 Å². The number of benzene rings is 1. The first-order valence-corrected chi connectivity index (χ1v) is 8.72. The second kappa shape index (κ2) is 6.73. The monoisotopic (exact) mass is 333 g/mol. The summed E-state index contributed by atoms with van der Waals surface area (Å²) >= 11 is 0. The fourth-order valence-corrected chi connectivity index (χ4v) is 3.53. The van der Waals surface area contributed by atoms with E-state index in [1.54, 1.807) is 7.11 Å². The van der Waals surface area contributed by atoms with Crippen molar-refractivity contribution in [1.82, 2.24) is 14.9 Å². The Morgan fingerprint density at radius 3 is 2.96 bits per heavy atom. The maximum atomic E-state index is 5.30. The molecular formula is C21H23N3O. The number of ether oxygens (including phenoxy) is 1. The first kappa shape index (κ1) is 15.9. The summed E-state index contributed by atoms with van der Waals surface area (Å²) in [4.78, 5) is 10.2. The zero-order valence-corrected chi connectivity index (χ0v) is 14.7. The molecule has 1 aliphatic heterocycles. The van der Waals surface area contributed by atoms with Gasteiger partial charge < -0.3 is 9.72 Å². The van der Waals surface area contributed by atoms with Crippen LogP contribution in [0.25, 0.3) is 16.6 Å². The van der Waals surface area contributed by atoms with Gasteiger partial charge in [-0.05, 0) is 54.3 Å². The Kier molecular flexibility index (Phi) is 4.28. The zero-order chi connectivity index (χ0) is 17.2. The van der Waals surface area contributed by atoms with E-state index in [2.05, 4.69) is 52.3 Å². The first-order valence-electron chi connectivity index (χ1n) is 8.72. The SMILES string of the molecule is COc1ccc(CN2CC=C(c3c[nH]c4ncccc34)CC2)c(C)c1. The molecule has 1 N–H and O–H groups in total. The molecule has 0 unspecified atom stereocenters. The summed E-state index contributed by atoms with van der Waals surface area (Å²) in [5.74, 6) is 0.926. The van der Waals surface area contributed by atoms with Crippen LogP contribution in [0.4, 0.5) is 0 Å². The fraction of sp³-hybridized carbons (Fsp3) is 0.286. The number of hydrogen-bond donors (Lipinski definition) is 1. The number of aryl methyl sites for hydroxylation is 1. The highest BCUT2D eigenvalue weighted by atomic mass is 16.5. The van der Waals surface area contributed by atoms with Crippen molar-refractivity contribution >= 4 is 16.6 Å². The topological polar surface area (TPSA) is 41.1 Å². The summed E-state index contributed by atoms with van der Waals surface area (Å²) in [5, 5.41) is 1.22. The molecule has 0 atom stereocenters. The van der Waals surface area contributed by atoms with Crippen LogP contribution in [0.5, 0.6) is 5.75 Å². The number of pyridine rings is 1. The predicted octanol–water partition coefficient (Wildman–Crippen LogP) is 4.17. The molecule has 4 heteroatoms. The molecule has 0 bridgehead atoms. The van der Waals surface area contributed by atoms with E-state index in [4.69, 9.17) is 4.74 Å². The normalized spacial score (nSPS) is 15.4. The Morgan fingerprint density at radius 2 is 2.20 bits per heavy atom. The molecule has 0 fully saturated rings. The maximum absolute atomic E-state index is 5.30. The van der Waals surface area contributed by atoms with Crippen molar-refractivity contribution in [1.29, 1.82) is 0 Å². The Hall–Kier alpha value is -2.59. The Bertz CT molecular complexity index is 926. The van der Waals surface area contributed by atoms with E-state index in [0.717, 1.165) is 37.5 Å². The molecule has 4 nitrogen and oxygen atoms in total. The van der Waals surface area contributed by atoms with Crippen LogP contribution in [-0.4, -0.2) is 35.1 Å². The molecule has 0 saturated carbocycles. The summed E-state index contributed by atoms with van der Waals surface area (Å²) in [6.45, 7) is 5.19. The lowest BCUT2D eigenvalue weighted by atomic mass is 9.99. The molecule has 3 aromatic rings. The van der Waals surface area contributed by atoms with Crippen LogP contribution in [0.15, 0.2) is 48.8 Å². The molecular weight excluding hydrogens is 310 g/mol. The highest BCUT2D eigenvalue weighted by molar-refractivity contribution is 5.90. The molecule has 1 aliphatic rings. The van der Waals surface area contributed by atoms with Gasteiger partial charge in [-0.1, -0.05) is 12.1 Å². The van der Waals surface area contributed by atoms with Crippen LogP contribution in [-0.2, 0) is 6.54 Å². The van der Waals surface area contributed by atoms with E-state index in [0.29, 0.717) is 0 Å². The van der Waals surface area contributed by atoms with E-state index < -0.39 is 0 Å². The average molecular weight is 333 g/mol. The largest absolute Gasteiger partial charge is 0.497 e. The van der Waals surface area contributed by atoms with Crippen LogP contribution < -0.4 is 4.74 Å². The molecule has 0 radical (unpaired) electrons. The number of aromatic amines is 1. The van der Waals surface area contributed by atoms with Gasteiger partial charge in [-0.15, -0.1) is 0 Å². The van der Waals surface area contributed by atoms with E-state index in [1.165, 1.54) is 27.6 Å². The molecule has 128 valence electrons. The van der Waals surface area contributed by atoms with Crippen molar-refractivity contribution in [3.63, 3.8) is 0 Å². The van der Waals surface area contributed by atoms with Crippen LogP contribution in [0.2, 0.25) is 0 Å². The smallest absolute Gasteiger partial charge is 0.137 e. The standard InChI is InChI=1S/C21H23N3O/c1-15-12-18(25-2)6-5-17(15)14-24-10-7-16(8-11-24)20-13-23-21-19(20)4-3-9-22-21/h3-7,9,12-13H,8,10-11,14H2,1-2H3,(H,22,23). The van der Waals surface area contributed by atoms with Crippen molar-refractivity contribution in [2.45, 2.75) is 19.9 Å². The fourth-order valence-electron chi connectivity index (χ4n) is 3.53. The van der Waals surface area contributed by atoms with Gasteiger partial charge in [0.05, 0.1) is 7.11 Å². The van der Waals surface area contributed by atoms with E-state index in [9.17, 15) is 0 Å². The third-order valence-electron chi connectivity index (χ3n) is 5.03. The van der Waals surface area contributed by atoms with Gasteiger partial charge in [-0.2, -0.15) is 0 Å². The highest BCUT2D eigenvalue weighted by Gasteiger charge is 2.16. The molecule has 2 aromatic heterocycles. The first-order chi connectivity index (χ1) is 12.2. The number of nitrogens with zero attached hydrogens (tertiary/aromatic N) is 2. The number of fused-ring (bicyclic) bond motifs is 1. The van der Waals surface area contributed by atoms with Crippen molar-refractivity contribution in [2.75, 3.05) is 20.2 Å². The Morgan fingerprint density at radius 1 is 1.28 bits per heavy atom. The van der Waals surface area contributed by atoms with Crippen molar-refractivity contribution < 1.29 is 4.74 Å². The third kappa shape index (κ3) is 3.17. The molecule has 0 amide bonds. The Labute approximate surface area is 148 Å². The summed E-state index contributed by atoms with van der Waals surface area (Å²) in [6, 6.07) is 10.5. The molecule has 4 rings (SSSR count). The molecule has 3 heterocycles. The van der Waals surface area contributed by atoms with Gasteiger partial charge in [0.25, 0.3) is 0 Å². The Balaban J connectivity index is 1.49. The minimum Gasteiger partial charge on any atom is -0.497 e. The van der Waals surface area contributed by atoms with E-state index in [-0.39, 0.29) is 0 Å². The van der Waals surface area contributed by atoms with E-state index >= 15 is 0 Å². The van der Waals surface area contributed by atoms with Gasteiger partial charge in [-0.25, -0.2) is 4.98 Å². The number of H-pyrrole nitrogens is 1. The molecule has 0 saturated heterocycles. The summed E-state index contributed by atoms with van der Waals surface area (Å²) < 4.78 is 5.30. The van der Waals surface area contributed by atoms with Crippen molar-refractivity contribution in [2.24, 2.45) is 0 Å². The van der Waals surface area contributed by atoms with Crippen LogP contribution in [0.1, 0.15) is 23.1 Å². The summed E-state index contributed by atoms with van der Waals surface area (Å²) in [5.41, 5.74) is 6.34. The van der Waals surface area contributed by atoms with Gasteiger partial charge in [-0.3, -0.25) is 4.90 Å². The number of hydrogen-bond acceptors (Lipinski definition) is 3. The predicted molar refractivity (Wildman–Crippen MR) is 102 cm³/mol. The lowest BCUT2D eigenvalue weighted by molar-refractivity contribution is 0.293. The molecule has 25 heavy (non-hydrogen) atoms. The maximum Gasteiger partial charge on any atom is 0.137 e. The number of nitrogens with one attached hydrogen (secondary N) is 1. The average Bonchev–Trinajstić information content (AvgIpc) is 3.08. The van der Waals surface area contributed by atoms with Gasteiger partial charge in [0.1, 0.15) is 11.4 Å². The van der Waals surface area contributed by atoms with Gasteiger partial charge in [0.15, 0.2) is 0 Å². The molecule has 0 aliphatic carbocycles. The van der Waals surface area contributed by atoms with Crippen LogP contribution >= 0.6 is 0 Å². The number of aromatic nitrogens is 2.